The molecule has 0 saturated heterocycles. The summed E-state index contributed by atoms with van der Waals surface area (Å²) in [5.41, 5.74) is -3.70. The number of nitrogens with one attached hydrogen (secondary N) is 1. The number of hydrogen-bond donors (Lipinski definition) is 2. The zero-order valence-corrected chi connectivity index (χ0v) is 17.6. The van der Waals surface area contributed by atoms with Gasteiger partial charge in [-0.25, -0.2) is 4.98 Å². The fraction of sp³-hybridized carbons (Fsp3) is 0.409. The van der Waals surface area contributed by atoms with E-state index in [1.807, 2.05) is 0 Å². The van der Waals surface area contributed by atoms with Gasteiger partial charge >= 0.3 is 12.4 Å². The van der Waals surface area contributed by atoms with Crippen LogP contribution in [0.3, 0.4) is 0 Å². The van der Waals surface area contributed by atoms with Crippen molar-refractivity contribution in [2.24, 2.45) is 5.92 Å². The maximum atomic E-state index is 13.7. The number of anilines is 1. The molecule has 1 fully saturated rings. The van der Waals surface area contributed by atoms with Crippen molar-refractivity contribution in [3.8, 4) is 0 Å². The van der Waals surface area contributed by atoms with Crippen LogP contribution in [0.4, 0.5) is 32.0 Å². The van der Waals surface area contributed by atoms with Gasteiger partial charge in [-0.2, -0.15) is 31.4 Å². The average Bonchev–Trinajstić information content (AvgIpc) is 3.20. The van der Waals surface area contributed by atoms with Crippen molar-refractivity contribution in [1.29, 1.82) is 0 Å². The summed E-state index contributed by atoms with van der Waals surface area (Å²) in [7, 11) is 0. The third-order valence-electron chi connectivity index (χ3n) is 5.94. The van der Waals surface area contributed by atoms with Gasteiger partial charge in [-0.3, -0.25) is 9.48 Å². The van der Waals surface area contributed by atoms with Crippen LogP contribution >= 0.6 is 0 Å². The minimum atomic E-state index is -4.85. The van der Waals surface area contributed by atoms with Crippen LogP contribution in [0, 0.1) is 5.92 Å². The van der Waals surface area contributed by atoms with Crippen molar-refractivity contribution < 1.29 is 36.2 Å². The first-order valence-electron chi connectivity index (χ1n) is 10.5. The van der Waals surface area contributed by atoms with Crippen LogP contribution in [-0.2, 0) is 12.4 Å². The molecule has 0 unspecified atom stereocenters. The number of aliphatic hydroxyl groups is 1. The molecule has 6 nitrogen and oxygen atoms in total. The minimum Gasteiger partial charge on any atom is -0.396 e. The molecule has 0 atom stereocenters. The topological polar surface area (TPSA) is 80.0 Å². The third kappa shape index (κ3) is 5.01. The fourth-order valence-corrected chi connectivity index (χ4v) is 4.11. The summed E-state index contributed by atoms with van der Waals surface area (Å²) in [5.74, 6) is -1.00. The van der Waals surface area contributed by atoms with Gasteiger partial charge in [-0.15, -0.1) is 0 Å². The molecule has 2 aromatic heterocycles. The van der Waals surface area contributed by atoms with E-state index in [4.69, 9.17) is 0 Å². The zero-order valence-electron chi connectivity index (χ0n) is 17.6. The summed E-state index contributed by atoms with van der Waals surface area (Å²) in [6.07, 6.45) is -5.09. The van der Waals surface area contributed by atoms with Crippen LogP contribution in [0.5, 0.6) is 0 Å². The second-order valence-electron chi connectivity index (χ2n) is 8.28. The third-order valence-corrected chi connectivity index (χ3v) is 5.94. The Morgan fingerprint density at radius 1 is 1.06 bits per heavy atom. The normalized spacial score (nSPS) is 19.4. The van der Waals surface area contributed by atoms with Gasteiger partial charge in [-0.05, 0) is 55.9 Å². The number of alkyl halides is 6. The number of pyridine rings is 1. The Kier molecular flexibility index (Phi) is 6.28. The molecule has 2 heterocycles. The molecule has 182 valence electrons. The van der Waals surface area contributed by atoms with Crippen LogP contribution in [0.1, 0.15) is 53.5 Å². The van der Waals surface area contributed by atoms with E-state index < -0.39 is 40.9 Å². The van der Waals surface area contributed by atoms with Crippen LogP contribution in [0.25, 0.3) is 10.9 Å². The van der Waals surface area contributed by atoms with Crippen molar-refractivity contribution in [2.75, 3.05) is 11.9 Å². The van der Waals surface area contributed by atoms with E-state index in [0.717, 1.165) is 49.9 Å². The number of carbonyl (C=O) groups is 1. The highest BCUT2D eigenvalue weighted by Gasteiger charge is 2.36. The van der Waals surface area contributed by atoms with Gasteiger partial charge in [0.2, 0.25) is 0 Å². The van der Waals surface area contributed by atoms with Gasteiger partial charge in [0, 0.05) is 18.2 Å². The molecule has 1 aliphatic rings. The molecule has 12 heteroatoms. The SMILES string of the molecule is O=C(Nc1cc2cn(C3CCC(CO)CC3)nc2cc1C(F)(F)F)c1cccc(C(F)(F)F)n1. The Morgan fingerprint density at radius 2 is 1.76 bits per heavy atom. The van der Waals surface area contributed by atoms with Gasteiger partial charge < -0.3 is 10.4 Å². The van der Waals surface area contributed by atoms with Crippen LogP contribution in [0.15, 0.2) is 36.5 Å². The summed E-state index contributed by atoms with van der Waals surface area (Å²) in [6.45, 7) is 0.0898. The molecule has 3 aromatic rings. The minimum absolute atomic E-state index is 0.0307. The molecule has 1 aliphatic carbocycles. The van der Waals surface area contributed by atoms with Crippen LogP contribution < -0.4 is 5.32 Å². The highest BCUT2D eigenvalue weighted by Crippen LogP contribution is 2.39. The van der Waals surface area contributed by atoms with Crippen molar-refractivity contribution in [2.45, 2.75) is 44.1 Å². The Morgan fingerprint density at radius 3 is 2.38 bits per heavy atom. The molecule has 1 amide bonds. The Hall–Kier alpha value is -3.15. The highest BCUT2D eigenvalue weighted by atomic mass is 19.4. The average molecular weight is 486 g/mol. The Bertz CT molecular complexity index is 1200. The molecule has 0 spiro atoms. The zero-order chi connectivity index (χ0) is 24.7. The van der Waals surface area contributed by atoms with Gasteiger partial charge in [-0.1, -0.05) is 6.07 Å². The maximum absolute atomic E-state index is 13.7. The molecule has 0 aliphatic heterocycles. The lowest BCUT2D eigenvalue weighted by atomic mass is 9.87. The molecule has 1 saturated carbocycles. The monoisotopic (exact) mass is 486 g/mol. The number of hydrogen-bond acceptors (Lipinski definition) is 4. The van der Waals surface area contributed by atoms with E-state index in [1.165, 1.54) is 0 Å². The quantitative estimate of drug-likeness (QED) is 0.481. The van der Waals surface area contributed by atoms with Gasteiger partial charge in [0.1, 0.15) is 11.4 Å². The maximum Gasteiger partial charge on any atom is 0.433 e. The number of halogens is 6. The number of amides is 1. The molecule has 0 radical (unpaired) electrons. The Balaban J connectivity index is 1.66. The van der Waals surface area contributed by atoms with E-state index >= 15 is 0 Å². The van der Waals surface area contributed by atoms with Crippen molar-refractivity contribution in [3.05, 3.63) is 53.5 Å². The molecular formula is C22H20F6N4O2. The fourth-order valence-electron chi connectivity index (χ4n) is 4.11. The number of fused-ring (bicyclic) bond motifs is 1. The second-order valence-corrected chi connectivity index (χ2v) is 8.28. The van der Waals surface area contributed by atoms with Crippen molar-refractivity contribution in [1.82, 2.24) is 14.8 Å². The first-order chi connectivity index (χ1) is 16.0. The van der Waals surface area contributed by atoms with E-state index in [2.05, 4.69) is 15.4 Å². The van der Waals surface area contributed by atoms with Gasteiger partial charge in [0.25, 0.3) is 5.91 Å². The molecule has 0 bridgehead atoms. The standard InChI is InChI=1S/C22H20F6N4O2/c23-21(24,25)15-9-17-13(10-32(31-17)14-6-4-12(11-33)5-7-14)8-18(15)30-20(34)16-2-1-3-19(29-16)22(26,27)28/h1-3,8-10,12,14,33H,4-7,11H2,(H,30,34). The number of nitrogens with zero attached hydrogens (tertiary/aromatic N) is 3. The van der Waals surface area contributed by atoms with Crippen LogP contribution in [0.2, 0.25) is 0 Å². The highest BCUT2D eigenvalue weighted by molar-refractivity contribution is 6.04. The second kappa shape index (κ2) is 8.90. The summed E-state index contributed by atoms with van der Waals surface area (Å²) >= 11 is 0. The number of carbonyl (C=O) groups excluding carboxylic acids is 1. The van der Waals surface area contributed by atoms with Crippen molar-refractivity contribution in [3.63, 3.8) is 0 Å². The smallest absolute Gasteiger partial charge is 0.396 e. The lowest BCUT2D eigenvalue weighted by molar-refractivity contribution is -0.141. The van der Waals surface area contributed by atoms with Crippen molar-refractivity contribution >= 4 is 22.5 Å². The van der Waals surface area contributed by atoms with Crippen LogP contribution in [-0.4, -0.2) is 32.4 Å². The van der Waals surface area contributed by atoms with E-state index in [0.29, 0.717) is 11.5 Å². The van der Waals surface area contributed by atoms with Gasteiger partial charge in [0.05, 0.1) is 22.8 Å². The predicted octanol–water partition coefficient (Wildman–Crippen LogP) is 5.44. The number of aliphatic hydroxyl groups excluding tert-OH is 1. The largest absolute Gasteiger partial charge is 0.433 e. The number of aromatic nitrogens is 3. The summed E-state index contributed by atoms with van der Waals surface area (Å²) < 4.78 is 81.4. The lowest BCUT2D eigenvalue weighted by Gasteiger charge is -2.27. The predicted molar refractivity (Wildman–Crippen MR) is 110 cm³/mol. The van der Waals surface area contributed by atoms with E-state index in [-0.39, 0.29) is 24.1 Å². The van der Waals surface area contributed by atoms with E-state index in [1.54, 1.807) is 10.9 Å². The first kappa shape index (κ1) is 24.0. The summed E-state index contributed by atoms with van der Waals surface area (Å²) in [6, 6.07) is 4.47. The van der Waals surface area contributed by atoms with E-state index in [9.17, 15) is 36.2 Å². The number of rotatable bonds is 4. The molecule has 34 heavy (non-hydrogen) atoms. The summed E-state index contributed by atoms with van der Waals surface area (Å²) in [4.78, 5) is 15.7. The molecule has 4 rings (SSSR count). The van der Waals surface area contributed by atoms with Gasteiger partial charge in [0.15, 0.2) is 0 Å². The number of benzene rings is 1. The molecular weight excluding hydrogens is 466 g/mol. The first-order valence-corrected chi connectivity index (χ1v) is 10.5. The summed E-state index contributed by atoms with van der Waals surface area (Å²) in [5, 5.41) is 16.0. The molecule has 1 aromatic carbocycles. The Labute approximate surface area is 189 Å². The lowest BCUT2D eigenvalue weighted by Crippen LogP contribution is -2.20. The molecule has 2 N–H and O–H groups in total.